The molecule has 2 heterocycles. The number of amides is 1. The average Bonchev–Trinajstić information content (AvgIpc) is 3.22. The van der Waals surface area contributed by atoms with Crippen LogP contribution in [-0.2, 0) is 6.42 Å². The molecule has 3 rings (SSSR count). The van der Waals surface area contributed by atoms with E-state index < -0.39 is 6.09 Å². The average molecular weight is 361 g/mol. The SMILES string of the molecule is CCCCc1noc(C)c1/C=C/c1nc(C)c(OC(=O)NC2CC2)s1. The molecule has 6 nitrogen and oxygen atoms in total. The van der Waals surface area contributed by atoms with Crippen LogP contribution in [0.3, 0.4) is 0 Å². The quantitative estimate of drug-likeness (QED) is 0.785. The molecule has 7 heteroatoms. The number of aromatic nitrogens is 2. The van der Waals surface area contributed by atoms with E-state index in [0.717, 1.165) is 54.1 Å². The molecule has 0 saturated heterocycles. The number of rotatable bonds is 7. The first kappa shape index (κ1) is 17.7. The van der Waals surface area contributed by atoms with Crippen molar-refractivity contribution in [1.82, 2.24) is 15.5 Å². The monoisotopic (exact) mass is 361 g/mol. The number of carbonyl (C=O) groups excluding carboxylic acids is 1. The minimum absolute atomic E-state index is 0.276. The first-order valence-electron chi connectivity index (χ1n) is 8.65. The van der Waals surface area contributed by atoms with Crippen LogP contribution in [0.5, 0.6) is 5.06 Å². The Morgan fingerprint density at radius 3 is 2.92 bits per heavy atom. The molecule has 0 unspecified atom stereocenters. The Morgan fingerprint density at radius 1 is 1.40 bits per heavy atom. The fraction of sp³-hybridized carbons (Fsp3) is 0.500. The Bertz CT molecular complexity index is 775. The van der Waals surface area contributed by atoms with E-state index in [-0.39, 0.29) is 6.04 Å². The van der Waals surface area contributed by atoms with Crippen LogP contribution in [0, 0.1) is 13.8 Å². The summed E-state index contributed by atoms with van der Waals surface area (Å²) in [5, 5.41) is 8.27. The summed E-state index contributed by atoms with van der Waals surface area (Å²) in [5.41, 5.74) is 2.70. The first-order chi connectivity index (χ1) is 12.1. The highest BCUT2D eigenvalue weighted by Gasteiger charge is 2.24. The Balaban J connectivity index is 1.68. The van der Waals surface area contributed by atoms with Crippen LogP contribution in [-0.4, -0.2) is 22.3 Å². The zero-order valence-corrected chi connectivity index (χ0v) is 15.6. The predicted octanol–water partition coefficient (Wildman–Crippen LogP) is 4.51. The molecule has 1 fully saturated rings. The van der Waals surface area contributed by atoms with E-state index in [1.807, 2.05) is 26.0 Å². The fourth-order valence-electron chi connectivity index (χ4n) is 2.39. The van der Waals surface area contributed by atoms with Crippen molar-refractivity contribution in [2.24, 2.45) is 0 Å². The molecular formula is C18H23N3O3S. The zero-order valence-electron chi connectivity index (χ0n) is 14.8. The molecule has 1 saturated carbocycles. The van der Waals surface area contributed by atoms with Gasteiger partial charge >= 0.3 is 6.09 Å². The Kier molecular flexibility index (Phi) is 5.53. The third-order valence-electron chi connectivity index (χ3n) is 4.00. The standard InChI is InChI=1S/C18H23N3O3S/c1-4-5-6-15-14(12(3)24-21-15)9-10-16-19-11(2)17(25-16)23-18(22)20-13-7-8-13/h9-10,13H,4-8H2,1-3H3,(H,20,22)/b10-9+. The lowest BCUT2D eigenvalue weighted by Gasteiger charge is -2.02. The first-order valence-corrected chi connectivity index (χ1v) is 9.47. The second kappa shape index (κ2) is 7.82. The minimum Gasteiger partial charge on any atom is -0.397 e. The molecule has 134 valence electrons. The zero-order chi connectivity index (χ0) is 17.8. The number of aryl methyl sites for hydroxylation is 3. The summed E-state index contributed by atoms with van der Waals surface area (Å²) in [6.07, 6.45) is 8.65. The van der Waals surface area contributed by atoms with Gasteiger partial charge in [-0.1, -0.05) is 29.8 Å². The normalized spacial score (nSPS) is 14.2. The third-order valence-corrected chi connectivity index (χ3v) is 5.00. The largest absolute Gasteiger partial charge is 0.413 e. The molecule has 2 aromatic rings. The Hall–Kier alpha value is -2.15. The number of nitrogens with zero attached hydrogens (tertiary/aromatic N) is 2. The number of ether oxygens (including phenoxy) is 1. The van der Waals surface area contributed by atoms with Crippen molar-refractivity contribution in [2.75, 3.05) is 0 Å². The summed E-state index contributed by atoms with van der Waals surface area (Å²) in [7, 11) is 0. The molecule has 1 aliphatic rings. The molecule has 2 aromatic heterocycles. The van der Waals surface area contributed by atoms with Crippen LogP contribution in [0.4, 0.5) is 4.79 Å². The van der Waals surface area contributed by atoms with Crippen LogP contribution in [0.25, 0.3) is 12.2 Å². The van der Waals surface area contributed by atoms with Gasteiger partial charge in [-0.2, -0.15) is 0 Å². The van der Waals surface area contributed by atoms with Gasteiger partial charge in [-0.15, -0.1) is 0 Å². The van der Waals surface area contributed by atoms with Gasteiger partial charge in [0.25, 0.3) is 0 Å². The summed E-state index contributed by atoms with van der Waals surface area (Å²) in [6, 6.07) is 0.276. The summed E-state index contributed by atoms with van der Waals surface area (Å²) < 4.78 is 10.7. The van der Waals surface area contributed by atoms with Crippen molar-refractivity contribution in [1.29, 1.82) is 0 Å². The molecule has 0 aromatic carbocycles. The van der Waals surface area contributed by atoms with Gasteiger partial charge in [0, 0.05) is 11.6 Å². The van der Waals surface area contributed by atoms with Gasteiger partial charge in [-0.3, -0.25) is 0 Å². The van der Waals surface area contributed by atoms with E-state index in [0.29, 0.717) is 10.8 Å². The molecule has 0 aliphatic heterocycles. The highest BCUT2D eigenvalue weighted by molar-refractivity contribution is 7.14. The second-order valence-corrected chi connectivity index (χ2v) is 7.26. The molecule has 0 atom stereocenters. The topological polar surface area (TPSA) is 77.2 Å². The van der Waals surface area contributed by atoms with Crippen LogP contribution >= 0.6 is 11.3 Å². The number of hydrogen-bond donors (Lipinski definition) is 1. The molecule has 1 aliphatic carbocycles. The highest BCUT2D eigenvalue weighted by atomic mass is 32.1. The van der Waals surface area contributed by atoms with E-state index in [1.165, 1.54) is 11.3 Å². The highest BCUT2D eigenvalue weighted by Crippen LogP contribution is 2.29. The number of carbonyl (C=O) groups is 1. The van der Waals surface area contributed by atoms with Gasteiger partial charge in [0.05, 0.1) is 11.4 Å². The Morgan fingerprint density at radius 2 is 2.20 bits per heavy atom. The molecular weight excluding hydrogens is 338 g/mol. The van der Waals surface area contributed by atoms with E-state index in [4.69, 9.17) is 9.26 Å². The van der Waals surface area contributed by atoms with Gasteiger partial charge in [0.15, 0.2) is 0 Å². The molecule has 25 heavy (non-hydrogen) atoms. The molecule has 0 radical (unpaired) electrons. The van der Waals surface area contributed by atoms with Crippen molar-refractivity contribution < 1.29 is 14.1 Å². The van der Waals surface area contributed by atoms with E-state index in [1.54, 1.807) is 0 Å². The van der Waals surface area contributed by atoms with Crippen molar-refractivity contribution >= 4 is 29.6 Å². The number of unbranched alkanes of at least 4 members (excludes halogenated alkanes) is 1. The lowest BCUT2D eigenvalue weighted by atomic mass is 10.1. The van der Waals surface area contributed by atoms with Crippen molar-refractivity contribution in [3.05, 3.63) is 27.7 Å². The van der Waals surface area contributed by atoms with E-state index in [2.05, 4.69) is 22.4 Å². The maximum atomic E-state index is 11.8. The van der Waals surface area contributed by atoms with Crippen LogP contribution in [0.1, 0.15) is 60.3 Å². The van der Waals surface area contributed by atoms with Gasteiger partial charge in [-0.05, 0) is 51.7 Å². The van der Waals surface area contributed by atoms with Crippen LogP contribution in [0.15, 0.2) is 4.52 Å². The summed E-state index contributed by atoms with van der Waals surface area (Å²) >= 11 is 1.35. The number of hydrogen-bond acceptors (Lipinski definition) is 6. The summed E-state index contributed by atoms with van der Waals surface area (Å²) in [4.78, 5) is 16.2. The molecule has 0 spiro atoms. The molecule has 1 N–H and O–H groups in total. The van der Waals surface area contributed by atoms with Crippen molar-refractivity contribution in [2.45, 2.75) is 58.9 Å². The summed E-state index contributed by atoms with van der Waals surface area (Å²) in [6.45, 7) is 5.90. The lowest BCUT2D eigenvalue weighted by Crippen LogP contribution is -2.28. The Labute approximate surface area is 151 Å². The lowest BCUT2D eigenvalue weighted by molar-refractivity contribution is 0.201. The maximum Gasteiger partial charge on any atom is 0.413 e. The molecule has 0 bridgehead atoms. The predicted molar refractivity (Wildman–Crippen MR) is 97.8 cm³/mol. The minimum atomic E-state index is -0.401. The van der Waals surface area contributed by atoms with Gasteiger partial charge in [0.2, 0.25) is 5.06 Å². The number of thiazole rings is 1. The van der Waals surface area contributed by atoms with Gasteiger partial charge in [0.1, 0.15) is 10.8 Å². The van der Waals surface area contributed by atoms with Crippen molar-refractivity contribution in [3.8, 4) is 5.06 Å². The van der Waals surface area contributed by atoms with Gasteiger partial charge in [-0.25, -0.2) is 9.78 Å². The van der Waals surface area contributed by atoms with Crippen LogP contribution in [0.2, 0.25) is 0 Å². The summed E-state index contributed by atoms with van der Waals surface area (Å²) in [5.74, 6) is 0.802. The maximum absolute atomic E-state index is 11.8. The van der Waals surface area contributed by atoms with Gasteiger partial charge < -0.3 is 14.6 Å². The van der Waals surface area contributed by atoms with E-state index >= 15 is 0 Å². The molecule has 1 amide bonds. The smallest absolute Gasteiger partial charge is 0.397 e. The van der Waals surface area contributed by atoms with E-state index in [9.17, 15) is 4.79 Å². The second-order valence-electron chi connectivity index (χ2n) is 6.27. The van der Waals surface area contributed by atoms with Crippen LogP contribution < -0.4 is 10.1 Å². The number of nitrogens with one attached hydrogen (secondary N) is 1. The fourth-order valence-corrected chi connectivity index (χ4v) is 3.21. The van der Waals surface area contributed by atoms with Crippen molar-refractivity contribution in [3.63, 3.8) is 0 Å². The third kappa shape index (κ3) is 4.69.